The first kappa shape index (κ1) is 67.8. The average Bonchev–Trinajstić information content (AvgIpc) is 3.37. The van der Waals surface area contributed by atoms with E-state index in [9.17, 15) is 14.4 Å². The lowest BCUT2D eigenvalue weighted by Crippen LogP contribution is -2.30. The lowest BCUT2D eigenvalue weighted by molar-refractivity contribution is -0.167. The number of carbonyl (C=O) groups is 3. The van der Waals surface area contributed by atoms with Gasteiger partial charge in [0.15, 0.2) is 6.10 Å². The van der Waals surface area contributed by atoms with Gasteiger partial charge >= 0.3 is 17.9 Å². The third kappa shape index (κ3) is 57.6. The predicted octanol–water partition coefficient (Wildman–Crippen LogP) is 20.5. The number of allylic oxidation sites excluding steroid dienone is 12. The van der Waals surface area contributed by atoms with Crippen LogP contribution in [0.15, 0.2) is 72.9 Å². The van der Waals surface area contributed by atoms with Crippen molar-refractivity contribution in [1.29, 1.82) is 0 Å². The minimum absolute atomic E-state index is 0.0835. The third-order valence-corrected chi connectivity index (χ3v) is 13.2. The summed E-state index contributed by atoms with van der Waals surface area (Å²) in [6.45, 7) is 6.53. The predicted molar refractivity (Wildman–Crippen MR) is 307 cm³/mol. The number of carbonyl (C=O) groups excluding carboxylic acids is 3. The molecule has 0 amide bonds. The molecule has 0 N–H and O–H groups in total. The van der Waals surface area contributed by atoms with Crippen LogP contribution >= 0.6 is 0 Å². The van der Waals surface area contributed by atoms with Gasteiger partial charge in [-0.15, -0.1) is 0 Å². The van der Waals surface area contributed by atoms with Gasteiger partial charge in [0, 0.05) is 19.3 Å². The molecule has 0 saturated heterocycles. The molecule has 0 spiro atoms. The van der Waals surface area contributed by atoms with Crippen molar-refractivity contribution in [3.63, 3.8) is 0 Å². The van der Waals surface area contributed by atoms with E-state index in [1.807, 2.05) is 0 Å². The van der Waals surface area contributed by atoms with Crippen LogP contribution in [0.4, 0.5) is 0 Å². The van der Waals surface area contributed by atoms with Crippen LogP contribution in [0.2, 0.25) is 0 Å². The zero-order valence-corrected chi connectivity index (χ0v) is 47.0. The van der Waals surface area contributed by atoms with E-state index in [-0.39, 0.29) is 31.1 Å². The van der Waals surface area contributed by atoms with E-state index >= 15 is 0 Å². The summed E-state index contributed by atoms with van der Waals surface area (Å²) in [6.07, 6.45) is 76.1. The van der Waals surface area contributed by atoms with Crippen molar-refractivity contribution in [1.82, 2.24) is 0 Å². The summed E-state index contributed by atoms with van der Waals surface area (Å²) in [4.78, 5) is 38.2. The Morgan fingerprint density at radius 2 is 0.549 bits per heavy atom. The smallest absolute Gasteiger partial charge is 0.306 e. The first-order valence-corrected chi connectivity index (χ1v) is 30.4. The van der Waals surface area contributed by atoms with Crippen LogP contribution in [0.3, 0.4) is 0 Å². The van der Waals surface area contributed by atoms with Gasteiger partial charge in [-0.3, -0.25) is 14.4 Å². The molecule has 0 aliphatic carbocycles. The standard InChI is InChI=1S/C65H114O6/c1-4-7-10-13-16-19-22-25-28-30-31-32-33-35-37-40-43-46-49-52-55-58-64(67)70-61-62(60-69-63(66)57-54-51-48-45-42-39-36-27-24-21-18-15-12-9-6-3)71-65(68)59-56-53-50-47-44-41-38-34-29-26-23-20-17-14-11-8-5-2/h7,10,16,19,25,27-28,31-32,35-37,62H,4-6,8-9,11-15,17-18,20-24,26,29-30,33-34,38-61H2,1-3H3/b10-7-,19-16-,28-25-,32-31-,36-27-,37-35-. The molecule has 0 radical (unpaired) electrons. The van der Waals surface area contributed by atoms with E-state index in [2.05, 4.69) is 93.7 Å². The zero-order chi connectivity index (χ0) is 51.4. The Hall–Kier alpha value is -3.15. The second-order valence-corrected chi connectivity index (χ2v) is 20.2. The fourth-order valence-corrected chi connectivity index (χ4v) is 8.64. The summed E-state index contributed by atoms with van der Waals surface area (Å²) in [5.74, 6) is -0.896. The summed E-state index contributed by atoms with van der Waals surface area (Å²) in [5, 5.41) is 0. The third-order valence-electron chi connectivity index (χ3n) is 13.2. The summed E-state index contributed by atoms with van der Waals surface area (Å²) in [7, 11) is 0. The number of rotatable bonds is 55. The summed E-state index contributed by atoms with van der Waals surface area (Å²) < 4.78 is 16.9. The van der Waals surface area contributed by atoms with E-state index in [4.69, 9.17) is 14.2 Å². The quantitative estimate of drug-likeness (QED) is 0.0261. The molecule has 0 saturated carbocycles. The van der Waals surface area contributed by atoms with Crippen molar-refractivity contribution in [2.75, 3.05) is 13.2 Å². The highest BCUT2D eigenvalue weighted by Gasteiger charge is 2.19. The highest BCUT2D eigenvalue weighted by Crippen LogP contribution is 2.16. The fourth-order valence-electron chi connectivity index (χ4n) is 8.64. The van der Waals surface area contributed by atoms with Crippen LogP contribution in [0.5, 0.6) is 0 Å². The van der Waals surface area contributed by atoms with Gasteiger partial charge < -0.3 is 14.2 Å². The topological polar surface area (TPSA) is 78.9 Å². The normalized spacial score (nSPS) is 12.5. The van der Waals surface area contributed by atoms with Crippen molar-refractivity contribution in [3.05, 3.63) is 72.9 Å². The van der Waals surface area contributed by atoms with E-state index in [0.717, 1.165) is 116 Å². The first-order chi connectivity index (χ1) is 35.0. The molecule has 1 atom stereocenters. The van der Waals surface area contributed by atoms with Crippen molar-refractivity contribution in [3.8, 4) is 0 Å². The molecule has 6 nitrogen and oxygen atoms in total. The Kier molecular flexibility index (Phi) is 56.8. The molecule has 0 aliphatic heterocycles. The van der Waals surface area contributed by atoms with Crippen LogP contribution in [-0.2, 0) is 28.6 Å². The van der Waals surface area contributed by atoms with Crippen molar-refractivity contribution >= 4 is 17.9 Å². The Morgan fingerprint density at radius 1 is 0.296 bits per heavy atom. The molecule has 0 heterocycles. The van der Waals surface area contributed by atoms with Crippen LogP contribution in [-0.4, -0.2) is 37.2 Å². The molecule has 0 fully saturated rings. The van der Waals surface area contributed by atoms with E-state index in [1.54, 1.807) is 0 Å². The van der Waals surface area contributed by atoms with Gasteiger partial charge in [0.2, 0.25) is 0 Å². The Labute approximate surface area is 440 Å². The van der Waals surface area contributed by atoms with E-state index in [1.165, 1.54) is 148 Å². The maximum atomic E-state index is 12.9. The van der Waals surface area contributed by atoms with Gasteiger partial charge in [-0.05, 0) is 89.9 Å². The Morgan fingerprint density at radius 3 is 0.873 bits per heavy atom. The van der Waals surface area contributed by atoms with Crippen LogP contribution in [0.1, 0.15) is 303 Å². The van der Waals surface area contributed by atoms with Gasteiger partial charge in [-0.1, -0.05) is 267 Å². The number of esters is 3. The number of hydrogen-bond acceptors (Lipinski definition) is 6. The molecular formula is C65H114O6. The van der Waals surface area contributed by atoms with Crippen molar-refractivity contribution < 1.29 is 28.6 Å². The monoisotopic (exact) mass is 991 g/mol. The second-order valence-electron chi connectivity index (χ2n) is 20.2. The molecule has 6 heteroatoms. The molecule has 410 valence electrons. The molecule has 0 bridgehead atoms. The molecule has 1 unspecified atom stereocenters. The lowest BCUT2D eigenvalue weighted by atomic mass is 10.0. The molecule has 0 rings (SSSR count). The van der Waals surface area contributed by atoms with Crippen LogP contribution in [0, 0.1) is 0 Å². The van der Waals surface area contributed by atoms with Gasteiger partial charge in [-0.2, -0.15) is 0 Å². The van der Waals surface area contributed by atoms with Crippen molar-refractivity contribution in [2.45, 2.75) is 309 Å². The second kappa shape index (κ2) is 59.4. The number of hydrogen-bond donors (Lipinski definition) is 0. The zero-order valence-electron chi connectivity index (χ0n) is 47.0. The molecule has 0 aromatic heterocycles. The Balaban J connectivity index is 4.40. The molecule has 0 aliphatic rings. The molecular weight excluding hydrogens is 877 g/mol. The molecule has 0 aromatic carbocycles. The maximum absolute atomic E-state index is 12.9. The van der Waals surface area contributed by atoms with Crippen molar-refractivity contribution in [2.24, 2.45) is 0 Å². The minimum Gasteiger partial charge on any atom is -0.462 e. The largest absolute Gasteiger partial charge is 0.462 e. The summed E-state index contributed by atoms with van der Waals surface area (Å²) in [6, 6.07) is 0. The SMILES string of the molecule is CC/C=C\C/C=C\C/C=C\C/C=C\C/C=C\CCCCCCCC(=O)OCC(COC(=O)CCCCCCC/C=C\CCCCCCCC)OC(=O)CCCCCCCCCCCCCCCCCCC. The highest BCUT2D eigenvalue weighted by atomic mass is 16.6. The van der Waals surface area contributed by atoms with Gasteiger partial charge in [0.25, 0.3) is 0 Å². The summed E-state index contributed by atoms with van der Waals surface area (Å²) >= 11 is 0. The molecule has 71 heavy (non-hydrogen) atoms. The van der Waals surface area contributed by atoms with Gasteiger partial charge in [0.05, 0.1) is 0 Å². The van der Waals surface area contributed by atoms with E-state index < -0.39 is 6.10 Å². The fraction of sp³-hybridized carbons (Fsp3) is 0.769. The van der Waals surface area contributed by atoms with E-state index in [0.29, 0.717) is 19.3 Å². The van der Waals surface area contributed by atoms with Gasteiger partial charge in [-0.25, -0.2) is 0 Å². The average molecular weight is 992 g/mol. The highest BCUT2D eigenvalue weighted by molar-refractivity contribution is 5.71. The van der Waals surface area contributed by atoms with Crippen LogP contribution < -0.4 is 0 Å². The minimum atomic E-state index is -0.786. The van der Waals surface area contributed by atoms with Crippen LogP contribution in [0.25, 0.3) is 0 Å². The lowest BCUT2D eigenvalue weighted by Gasteiger charge is -2.18. The maximum Gasteiger partial charge on any atom is 0.306 e. The summed E-state index contributed by atoms with van der Waals surface area (Å²) in [5.41, 5.74) is 0. The number of unbranched alkanes of at least 4 members (excludes halogenated alkanes) is 32. The number of ether oxygens (including phenoxy) is 3. The van der Waals surface area contributed by atoms with Gasteiger partial charge in [0.1, 0.15) is 13.2 Å². The Bertz CT molecular complexity index is 1320. The first-order valence-electron chi connectivity index (χ1n) is 30.4. The molecule has 0 aromatic rings.